The van der Waals surface area contributed by atoms with Crippen LogP contribution in [0, 0.1) is 5.92 Å². The molecule has 0 bridgehead atoms. The number of nitrogens with one attached hydrogen (secondary N) is 1. The van der Waals surface area contributed by atoms with E-state index in [4.69, 9.17) is 15.2 Å². The Hall–Kier alpha value is -1.75. The highest BCUT2D eigenvalue weighted by Crippen LogP contribution is 2.29. The number of primary amides is 1. The van der Waals surface area contributed by atoms with Crippen LogP contribution in [0.4, 0.5) is 0 Å². The Morgan fingerprint density at radius 3 is 2.47 bits per heavy atom. The maximum absolute atomic E-state index is 11.6. The standard InChI is InChI=1S/C14H22N2O3/c1-9(2)8-16-13(14(15)17)11-7-10(18-3)5-6-12(11)19-4/h5-7,9,13,16H,8H2,1-4H3,(H2,15,17). The SMILES string of the molecule is COc1ccc(OC)c(C(NCC(C)C)C(N)=O)c1. The van der Waals surface area contributed by atoms with E-state index in [1.807, 2.05) is 0 Å². The smallest absolute Gasteiger partial charge is 0.239 e. The van der Waals surface area contributed by atoms with E-state index in [9.17, 15) is 4.79 Å². The zero-order chi connectivity index (χ0) is 14.4. The number of amides is 1. The maximum atomic E-state index is 11.6. The summed E-state index contributed by atoms with van der Waals surface area (Å²) in [6.07, 6.45) is 0. The van der Waals surface area contributed by atoms with Gasteiger partial charge in [0.2, 0.25) is 5.91 Å². The fourth-order valence-electron chi connectivity index (χ4n) is 1.78. The van der Waals surface area contributed by atoms with Crippen molar-refractivity contribution in [1.82, 2.24) is 5.32 Å². The van der Waals surface area contributed by atoms with Gasteiger partial charge in [0, 0.05) is 5.56 Å². The summed E-state index contributed by atoms with van der Waals surface area (Å²) >= 11 is 0. The van der Waals surface area contributed by atoms with Crippen LogP contribution in [0.2, 0.25) is 0 Å². The first kappa shape index (κ1) is 15.3. The van der Waals surface area contributed by atoms with Crippen molar-refractivity contribution < 1.29 is 14.3 Å². The maximum Gasteiger partial charge on any atom is 0.239 e. The summed E-state index contributed by atoms with van der Waals surface area (Å²) in [5.41, 5.74) is 6.16. The van der Waals surface area contributed by atoms with Gasteiger partial charge in [0.1, 0.15) is 17.5 Å². The zero-order valence-corrected chi connectivity index (χ0v) is 11.9. The van der Waals surface area contributed by atoms with Crippen molar-refractivity contribution in [3.8, 4) is 11.5 Å². The van der Waals surface area contributed by atoms with Crippen LogP contribution in [0.1, 0.15) is 25.5 Å². The lowest BCUT2D eigenvalue weighted by Gasteiger charge is -2.20. The molecule has 5 heteroatoms. The molecule has 106 valence electrons. The fourth-order valence-corrected chi connectivity index (χ4v) is 1.78. The molecule has 0 fully saturated rings. The molecule has 1 rings (SSSR count). The molecule has 19 heavy (non-hydrogen) atoms. The first-order chi connectivity index (χ1) is 8.99. The number of carbonyl (C=O) groups is 1. The van der Waals surface area contributed by atoms with Crippen LogP contribution in [0.5, 0.6) is 11.5 Å². The highest BCUT2D eigenvalue weighted by molar-refractivity contribution is 5.82. The van der Waals surface area contributed by atoms with Crippen LogP contribution >= 0.6 is 0 Å². The Balaban J connectivity index is 3.09. The van der Waals surface area contributed by atoms with Crippen LogP contribution in [-0.4, -0.2) is 26.7 Å². The molecule has 3 N–H and O–H groups in total. The van der Waals surface area contributed by atoms with E-state index in [1.165, 1.54) is 0 Å². The number of ether oxygens (including phenoxy) is 2. The van der Waals surface area contributed by atoms with Crippen LogP contribution in [0.25, 0.3) is 0 Å². The zero-order valence-electron chi connectivity index (χ0n) is 11.9. The molecule has 0 saturated carbocycles. The Labute approximate surface area is 114 Å². The molecular formula is C14H22N2O3. The number of hydrogen-bond donors (Lipinski definition) is 2. The van der Waals surface area contributed by atoms with E-state index < -0.39 is 11.9 Å². The number of methoxy groups -OCH3 is 2. The Morgan fingerprint density at radius 2 is 2.00 bits per heavy atom. The molecule has 0 saturated heterocycles. The van der Waals surface area contributed by atoms with Crippen molar-refractivity contribution in [3.05, 3.63) is 23.8 Å². The molecule has 0 aliphatic carbocycles. The quantitative estimate of drug-likeness (QED) is 0.784. The molecule has 1 aromatic carbocycles. The second kappa shape index (κ2) is 6.99. The van der Waals surface area contributed by atoms with Crippen LogP contribution in [-0.2, 0) is 4.79 Å². The van der Waals surface area contributed by atoms with Crippen LogP contribution in [0.3, 0.4) is 0 Å². The minimum Gasteiger partial charge on any atom is -0.497 e. The minimum absolute atomic E-state index is 0.415. The normalized spacial score (nSPS) is 12.3. The third-order valence-electron chi connectivity index (χ3n) is 2.76. The van der Waals surface area contributed by atoms with Crippen molar-refractivity contribution in [3.63, 3.8) is 0 Å². The van der Waals surface area contributed by atoms with Gasteiger partial charge in [0.05, 0.1) is 14.2 Å². The first-order valence-corrected chi connectivity index (χ1v) is 6.24. The molecule has 5 nitrogen and oxygen atoms in total. The van der Waals surface area contributed by atoms with E-state index in [-0.39, 0.29) is 0 Å². The highest BCUT2D eigenvalue weighted by Gasteiger charge is 2.22. The van der Waals surface area contributed by atoms with Gasteiger partial charge in [-0.1, -0.05) is 13.8 Å². The van der Waals surface area contributed by atoms with Gasteiger partial charge in [-0.3, -0.25) is 4.79 Å². The number of nitrogens with two attached hydrogens (primary N) is 1. The predicted molar refractivity (Wildman–Crippen MR) is 74.3 cm³/mol. The van der Waals surface area contributed by atoms with Crippen LogP contribution in [0.15, 0.2) is 18.2 Å². The van der Waals surface area contributed by atoms with Crippen molar-refractivity contribution >= 4 is 5.91 Å². The van der Waals surface area contributed by atoms with Crippen molar-refractivity contribution in [1.29, 1.82) is 0 Å². The first-order valence-electron chi connectivity index (χ1n) is 6.24. The molecule has 0 spiro atoms. The van der Waals surface area contributed by atoms with Gasteiger partial charge in [-0.2, -0.15) is 0 Å². The Bertz CT molecular complexity index is 433. The summed E-state index contributed by atoms with van der Waals surface area (Å²) in [6, 6.07) is 4.72. The van der Waals surface area contributed by atoms with E-state index in [1.54, 1.807) is 32.4 Å². The van der Waals surface area contributed by atoms with Gasteiger partial charge in [0.25, 0.3) is 0 Å². The number of carbonyl (C=O) groups excluding carboxylic acids is 1. The third-order valence-corrected chi connectivity index (χ3v) is 2.76. The van der Waals surface area contributed by atoms with Gasteiger partial charge in [-0.25, -0.2) is 0 Å². The number of hydrogen-bond acceptors (Lipinski definition) is 4. The summed E-state index contributed by atoms with van der Waals surface area (Å²) in [4.78, 5) is 11.6. The van der Waals surface area contributed by atoms with E-state index in [0.29, 0.717) is 29.5 Å². The molecule has 1 amide bonds. The summed E-state index contributed by atoms with van der Waals surface area (Å²) in [6.45, 7) is 4.82. The fraction of sp³-hybridized carbons (Fsp3) is 0.500. The number of benzene rings is 1. The Morgan fingerprint density at radius 1 is 1.32 bits per heavy atom. The average molecular weight is 266 g/mol. The molecule has 0 aromatic heterocycles. The molecule has 0 aliphatic heterocycles. The molecule has 0 aliphatic rings. The van der Waals surface area contributed by atoms with Gasteiger partial charge in [-0.05, 0) is 30.7 Å². The molecule has 1 aromatic rings. The molecular weight excluding hydrogens is 244 g/mol. The lowest BCUT2D eigenvalue weighted by molar-refractivity contribution is -0.120. The lowest BCUT2D eigenvalue weighted by Crippen LogP contribution is -2.35. The van der Waals surface area contributed by atoms with Gasteiger partial charge in [0.15, 0.2) is 0 Å². The summed E-state index contributed by atoms with van der Waals surface area (Å²) < 4.78 is 10.5. The highest BCUT2D eigenvalue weighted by atomic mass is 16.5. The topological polar surface area (TPSA) is 73.6 Å². The average Bonchev–Trinajstić information content (AvgIpc) is 2.38. The largest absolute Gasteiger partial charge is 0.497 e. The van der Waals surface area contributed by atoms with Gasteiger partial charge < -0.3 is 20.5 Å². The molecule has 0 radical (unpaired) electrons. The molecule has 0 heterocycles. The van der Waals surface area contributed by atoms with E-state index >= 15 is 0 Å². The molecule has 1 atom stereocenters. The van der Waals surface area contributed by atoms with Gasteiger partial charge >= 0.3 is 0 Å². The minimum atomic E-state index is -0.590. The second-order valence-corrected chi connectivity index (χ2v) is 4.75. The van der Waals surface area contributed by atoms with E-state index in [2.05, 4.69) is 19.2 Å². The van der Waals surface area contributed by atoms with Crippen molar-refractivity contribution in [2.75, 3.05) is 20.8 Å². The summed E-state index contributed by atoms with van der Waals surface area (Å²) in [7, 11) is 3.14. The van der Waals surface area contributed by atoms with Crippen LogP contribution < -0.4 is 20.5 Å². The monoisotopic (exact) mass is 266 g/mol. The second-order valence-electron chi connectivity index (χ2n) is 4.75. The summed E-state index contributed by atoms with van der Waals surface area (Å²) in [5, 5.41) is 3.15. The lowest BCUT2D eigenvalue weighted by atomic mass is 10.0. The summed E-state index contributed by atoms with van der Waals surface area (Å²) in [5.74, 6) is 1.25. The van der Waals surface area contributed by atoms with Gasteiger partial charge in [-0.15, -0.1) is 0 Å². The van der Waals surface area contributed by atoms with E-state index in [0.717, 1.165) is 0 Å². The predicted octanol–water partition coefficient (Wildman–Crippen LogP) is 1.48. The third kappa shape index (κ3) is 4.13. The van der Waals surface area contributed by atoms with Crippen molar-refractivity contribution in [2.24, 2.45) is 11.7 Å². The Kier molecular flexibility index (Phi) is 5.63. The molecule has 1 unspecified atom stereocenters. The number of rotatable bonds is 7. The van der Waals surface area contributed by atoms with Crippen molar-refractivity contribution in [2.45, 2.75) is 19.9 Å².